The SMILES string of the molecule is CCCCOc1cccc(C(C)NCC(C)C)c1. The molecular formula is C16H27NO. The Morgan fingerprint density at radius 1 is 1.22 bits per heavy atom. The summed E-state index contributed by atoms with van der Waals surface area (Å²) >= 11 is 0. The van der Waals surface area contributed by atoms with Gasteiger partial charge < -0.3 is 10.1 Å². The van der Waals surface area contributed by atoms with Gasteiger partial charge in [-0.15, -0.1) is 0 Å². The first-order valence-corrected chi connectivity index (χ1v) is 7.09. The van der Waals surface area contributed by atoms with Crippen molar-refractivity contribution in [2.45, 2.75) is 46.6 Å². The predicted molar refractivity (Wildman–Crippen MR) is 78.1 cm³/mol. The van der Waals surface area contributed by atoms with Crippen molar-refractivity contribution >= 4 is 0 Å². The Balaban J connectivity index is 2.52. The topological polar surface area (TPSA) is 21.3 Å². The van der Waals surface area contributed by atoms with Crippen molar-refractivity contribution in [2.24, 2.45) is 5.92 Å². The second-order valence-corrected chi connectivity index (χ2v) is 5.30. The van der Waals surface area contributed by atoms with Gasteiger partial charge in [-0.05, 0) is 43.5 Å². The Morgan fingerprint density at radius 3 is 2.67 bits per heavy atom. The molecule has 18 heavy (non-hydrogen) atoms. The normalized spacial score (nSPS) is 12.7. The van der Waals surface area contributed by atoms with E-state index in [-0.39, 0.29) is 0 Å². The van der Waals surface area contributed by atoms with Crippen LogP contribution in [0.4, 0.5) is 0 Å². The zero-order valence-electron chi connectivity index (χ0n) is 12.2. The minimum Gasteiger partial charge on any atom is -0.494 e. The highest BCUT2D eigenvalue weighted by molar-refractivity contribution is 5.30. The summed E-state index contributed by atoms with van der Waals surface area (Å²) in [5.74, 6) is 1.66. The van der Waals surface area contributed by atoms with Crippen LogP contribution in [0.15, 0.2) is 24.3 Å². The van der Waals surface area contributed by atoms with E-state index in [0.717, 1.165) is 25.3 Å². The maximum Gasteiger partial charge on any atom is 0.119 e. The van der Waals surface area contributed by atoms with E-state index in [1.54, 1.807) is 0 Å². The minimum absolute atomic E-state index is 0.377. The van der Waals surface area contributed by atoms with Crippen LogP contribution in [0.25, 0.3) is 0 Å². The van der Waals surface area contributed by atoms with Crippen molar-refractivity contribution in [3.8, 4) is 5.75 Å². The number of hydrogen-bond acceptors (Lipinski definition) is 2. The third-order valence-electron chi connectivity index (χ3n) is 2.96. The second-order valence-electron chi connectivity index (χ2n) is 5.30. The fourth-order valence-corrected chi connectivity index (χ4v) is 1.74. The van der Waals surface area contributed by atoms with Crippen molar-refractivity contribution in [3.63, 3.8) is 0 Å². The van der Waals surface area contributed by atoms with Crippen LogP contribution in [0.2, 0.25) is 0 Å². The first-order chi connectivity index (χ1) is 8.63. The molecule has 1 N–H and O–H groups in total. The molecule has 0 heterocycles. The van der Waals surface area contributed by atoms with Gasteiger partial charge in [-0.3, -0.25) is 0 Å². The van der Waals surface area contributed by atoms with Gasteiger partial charge in [0.25, 0.3) is 0 Å². The lowest BCUT2D eigenvalue weighted by molar-refractivity contribution is 0.308. The molecular weight excluding hydrogens is 222 g/mol. The van der Waals surface area contributed by atoms with Crippen LogP contribution >= 0.6 is 0 Å². The van der Waals surface area contributed by atoms with Gasteiger partial charge in [-0.1, -0.05) is 39.3 Å². The molecule has 1 unspecified atom stereocenters. The summed E-state index contributed by atoms with van der Waals surface area (Å²) in [5, 5.41) is 3.54. The summed E-state index contributed by atoms with van der Waals surface area (Å²) in [5.41, 5.74) is 1.30. The highest BCUT2D eigenvalue weighted by Gasteiger charge is 2.06. The molecule has 0 saturated carbocycles. The Morgan fingerprint density at radius 2 is 2.00 bits per heavy atom. The maximum atomic E-state index is 5.74. The quantitative estimate of drug-likeness (QED) is 0.698. The fraction of sp³-hybridized carbons (Fsp3) is 0.625. The first-order valence-electron chi connectivity index (χ1n) is 7.09. The van der Waals surface area contributed by atoms with Gasteiger partial charge in [-0.25, -0.2) is 0 Å². The molecule has 1 rings (SSSR count). The van der Waals surface area contributed by atoms with Crippen LogP contribution in [0, 0.1) is 5.92 Å². The number of nitrogens with one attached hydrogen (secondary N) is 1. The molecule has 0 fully saturated rings. The molecule has 1 atom stereocenters. The van der Waals surface area contributed by atoms with E-state index in [2.05, 4.69) is 51.2 Å². The Labute approximate surface area is 112 Å². The van der Waals surface area contributed by atoms with Gasteiger partial charge in [0.15, 0.2) is 0 Å². The molecule has 2 heteroatoms. The highest BCUT2D eigenvalue weighted by Crippen LogP contribution is 2.19. The van der Waals surface area contributed by atoms with E-state index in [9.17, 15) is 0 Å². The summed E-state index contributed by atoms with van der Waals surface area (Å²) in [4.78, 5) is 0. The van der Waals surface area contributed by atoms with Crippen molar-refractivity contribution < 1.29 is 4.74 Å². The van der Waals surface area contributed by atoms with Crippen LogP contribution in [0.5, 0.6) is 5.75 Å². The molecule has 1 aromatic carbocycles. The highest BCUT2D eigenvalue weighted by atomic mass is 16.5. The molecule has 0 spiro atoms. The number of hydrogen-bond donors (Lipinski definition) is 1. The molecule has 0 aliphatic heterocycles. The Kier molecular flexibility index (Phi) is 6.81. The average Bonchev–Trinajstić information content (AvgIpc) is 2.36. The molecule has 102 valence electrons. The molecule has 0 aliphatic rings. The zero-order valence-corrected chi connectivity index (χ0v) is 12.2. The maximum absolute atomic E-state index is 5.74. The Bertz CT molecular complexity index is 336. The van der Waals surface area contributed by atoms with E-state index < -0.39 is 0 Å². The summed E-state index contributed by atoms with van der Waals surface area (Å²) in [7, 11) is 0. The van der Waals surface area contributed by atoms with E-state index in [0.29, 0.717) is 12.0 Å². The molecule has 0 amide bonds. The molecule has 0 aliphatic carbocycles. The lowest BCUT2D eigenvalue weighted by Gasteiger charge is -2.17. The number of rotatable bonds is 8. The van der Waals surface area contributed by atoms with Gasteiger partial charge in [0.1, 0.15) is 5.75 Å². The molecule has 2 nitrogen and oxygen atoms in total. The van der Waals surface area contributed by atoms with Crippen LogP contribution in [-0.2, 0) is 0 Å². The summed E-state index contributed by atoms with van der Waals surface area (Å²) in [6.07, 6.45) is 2.29. The smallest absolute Gasteiger partial charge is 0.119 e. The predicted octanol–water partition coefficient (Wildman–Crippen LogP) is 4.17. The Hall–Kier alpha value is -1.02. The molecule has 0 saturated heterocycles. The van der Waals surface area contributed by atoms with Gasteiger partial charge in [0.2, 0.25) is 0 Å². The van der Waals surface area contributed by atoms with Gasteiger partial charge in [0.05, 0.1) is 6.61 Å². The van der Waals surface area contributed by atoms with Crippen molar-refractivity contribution in [3.05, 3.63) is 29.8 Å². The lowest BCUT2D eigenvalue weighted by Crippen LogP contribution is -2.23. The van der Waals surface area contributed by atoms with Crippen molar-refractivity contribution in [2.75, 3.05) is 13.2 Å². The first kappa shape index (κ1) is 15.0. The molecule has 1 aromatic rings. The number of unbranched alkanes of at least 4 members (excludes halogenated alkanes) is 1. The van der Waals surface area contributed by atoms with Crippen molar-refractivity contribution in [1.82, 2.24) is 5.32 Å². The van der Waals surface area contributed by atoms with Crippen molar-refractivity contribution in [1.29, 1.82) is 0 Å². The van der Waals surface area contributed by atoms with Crippen LogP contribution in [0.3, 0.4) is 0 Å². The molecule has 0 bridgehead atoms. The number of benzene rings is 1. The van der Waals surface area contributed by atoms with Gasteiger partial charge in [0, 0.05) is 6.04 Å². The van der Waals surface area contributed by atoms with Crippen LogP contribution in [-0.4, -0.2) is 13.2 Å². The minimum atomic E-state index is 0.377. The summed E-state index contributed by atoms with van der Waals surface area (Å²) in [6, 6.07) is 8.79. The second kappa shape index (κ2) is 8.15. The number of ether oxygens (including phenoxy) is 1. The molecule has 0 radical (unpaired) electrons. The van der Waals surface area contributed by atoms with E-state index in [1.807, 2.05) is 6.07 Å². The summed E-state index contributed by atoms with van der Waals surface area (Å²) < 4.78 is 5.74. The van der Waals surface area contributed by atoms with Gasteiger partial charge >= 0.3 is 0 Å². The van der Waals surface area contributed by atoms with Crippen LogP contribution in [0.1, 0.15) is 52.1 Å². The largest absolute Gasteiger partial charge is 0.494 e. The van der Waals surface area contributed by atoms with E-state index >= 15 is 0 Å². The molecule has 0 aromatic heterocycles. The zero-order chi connectivity index (χ0) is 13.4. The van der Waals surface area contributed by atoms with Gasteiger partial charge in [-0.2, -0.15) is 0 Å². The standard InChI is InChI=1S/C16H27NO/c1-5-6-10-18-16-9-7-8-15(11-16)14(4)17-12-13(2)3/h7-9,11,13-14,17H,5-6,10,12H2,1-4H3. The van der Waals surface area contributed by atoms with Crippen LogP contribution < -0.4 is 10.1 Å². The third kappa shape index (κ3) is 5.54. The fourth-order valence-electron chi connectivity index (χ4n) is 1.74. The summed E-state index contributed by atoms with van der Waals surface area (Å²) in [6.45, 7) is 10.7. The lowest BCUT2D eigenvalue weighted by atomic mass is 10.1. The monoisotopic (exact) mass is 249 g/mol. The third-order valence-corrected chi connectivity index (χ3v) is 2.96. The van der Waals surface area contributed by atoms with E-state index in [1.165, 1.54) is 12.0 Å². The average molecular weight is 249 g/mol. The van der Waals surface area contributed by atoms with E-state index in [4.69, 9.17) is 4.74 Å².